The number of aromatic amines is 1. The van der Waals surface area contributed by atoms with E-state index in [0.29, 0.717) is 28.8 Å². The minimum atomic E-state index is -1.29. The molecule has 0 saturated heterocycles. The maximum Gasteiger partial charge on any atom is 0.407 e. The second kappa shape index (κ2) is 8.79. The molecule has 0 fully saturated rings. The smallest absolute Gasteiger partial charge is 0.407 e. The number of halogens is 3. The number of benzene rings is 1. The monoisotopic (exact) mass is 514 g/mol. The van der Waals surface area contributed by atoms with Gasteiger partial charge in [-0.3, -0.25) is 4.57 Å². The van der Waals surface area contributed by atoms with Crippen molar-refractivity contribution in [2.24, 2.45) is 7.05 Å². The van der Waals surface area contributed by atoms with Crippen molar-refractivity contribution in [1.29, 1.82) is 0 Å². The van der Waals surface area contributed by atoms with E-state index in [2.05, 4.69) is 15.5 Å². The maximum atomic E-state index is 14.8. The number of alkyl carbamates (subject to hydrolysis) is 1. The highest BCUT2D eigenvalue weighted by Gasteiger charge is 2.36. The Balaban J connectivity index is 1.57. The zero-order valence-corrected chi connectivity index (χ0v) is 20.6. The first-order valence-electron chi connectivity index (χ1n) is 11.7. The van der Waals surface area contributed by atoms with Gasteiger partial charge in [-0.05, 0) is 44.5 Å². The summed E-state index contributed by atoms with van der Waals surface area (Å²) in [6.45, 7) is 5.15. The lowest BCUT2D eigenvalue weighted by Crippen LogP contribution is -2.46. The van der Waals surface area contributed by atoms with E-state index in [1.807, 2.05) is 4.40 Å². The van der Waals surface area contributed by atoms with Crippen molar-refractivity contribution in [2.45, 2.75) is 51.2 Å². The first-order chi connectivity index (χ1) is 17.4. The number of pyridine rings is 1. The van der Waals surface area contributed by atoms with Crippen LogP contribution in [0.25, 0.3) is 17.0 Å². The zero-order chi connectivity index (χ0) is 26.6. The lowest BCUT2D eigenvalue weighted by molar-refractivity contribution is 0.0493. The van der Waals surface area contributed by atoms with E-state index in [0.717, 1.165) is 11.8 Å². The summed E-state index contributed by atoms with van der Waals surface area (Å²) in [6, 6.07) is 4.19. The molecular weight excluding hydrogens is 489 g/mol. The van der Waals surface area contributed by atoms with E-state index in [1.54, 1.807) is 46.1 Å². The van der Waals surface area contributed by atoms with Crippen LogP contribution in [0.1, 0.15) is 43.6 Å². The third-order valence-electron chi connectivity index (χ3n) is 6.40. The topological polar surface area (TPSA) is 106 Å². The molecule has 3 heterocycles. The Morgan fingerprint density at radius 3 is 2.54 bits per heavy atom. The molecule has 2 N–H and O–H groups in total. The Labute approximate surface area is 209 Å². The van der Waals surface area contributed by atoms with Crippen LogP contribution in [0.5, 0.6) is 0 Å². The van der Waals surface area contributed by atoms with Crippen molar-refractivity contribution >= 4 is 11.7 Å². The molecule has 1 aliphatic rings. The van der Waals surface area contributed by atoms with Crippen LogP contribution < -0.4 is 11.0 Å². The van der Waals surface area contributed by atoms with Crippen molar-refractivity contribution in [3.05, 3.63) is 75.3 Å². The Kier molecular flexibility index (Phi) is 5.84. The number of fused-ring (bicyclic) bond motifs is 3. The number of hydrogen-bond acceptors (Lipinski definition) is 5. The Morgan fingerprint density at radius 2 is 1.86 bits per heavy atom. The Hall–Kier alpha value is -4.09. The molecule has 9 nitrogen and oxygen atoms in total. The standard InChI is InChI=1S/C25H25F3N6O3/c1-25(2,3)37-24(36)30-18-11-20-19(9-14(18)13-8-16(27)17(28)10-15(13)26)29-21-7-12(5-6-34(20)21)22-31-32-23(35)33(22)4/h5-8,10,14,18H,9,11H2,1-4H3,(H,30,36)(H,32,35). The van der Waals surface area contributed by atoms with Gasteiger partial charge in [-0.2, -0.15) is 5.10 Å². The second-order valence-electron chi connectivity index (χ2n) is 10.1. The molecule has 2 atom stereocenters. The fraction of sp³-hybridized carbons (Fsp3) is 0.360. The Bertz CT molecular complexity index is 1580. The minimum Gasteiger partial charge on any atom is -0.444 e. The van der Waals surface area contributed by atoms with Crippen LogP contribution in [0.15, 0.2) is 35.3 Å². The third-order valence-corrected chi connectivity index (χ3v) is 6.40. The lowest BCUT2D eigenvalue weighted by atomic mass is 9.80. The molecule has 5 rings (SSSR count). The van der Waals surface area contributed by atoms with Gasteiger partial charge in [0, 0.05) is 55.4 Å². The summed E-state index contributed by atoms with van der Waals surface area (Å²) in [6.07, 6.45) is 1.47. The van der Waals surface area contributed by atoms with Crippen molar-refractivity contribution in [3.63, 3.8) is 0 Å². The van der Waals surface area contributed by atoms with Gasteiger partial charge in [-0.25, -0.2) is 32.8 Å². The van der Waals surface area contributed by atoms with Crippen LogP contribution >= 0.6 is 0 Å². The third kappa shape index (κ3) is 4.58. The number of carbonyl (C=O) groups excluding carboxylic acids is 1. The van der Waals surface area contributed by atoms with Crippen molar-refractivity contribution in [2.75, 3.05) is 0 Å². The normalized spacial score (nSPS) is 17.6. The van der Waals surface area contributed by atoms with Crippen LogP contribution in [0.3, 0.4) is 0 Å². The van der Waals surface area contributed by atoms with E-state index in [-0.39, 0.29) is 24.1 Å². The van der Waals surface area contributed by atoms with E-state index in [1.165, 1.54) is 4.57 Å². The number of carbonyl (C=O) groups is 1. The van der Waals surface area contributed by atoms with Gasteiger partial charge in [-0.1, -0.05) is 0 Å². The van der Waals surface area contributed by atoms with Crippen LogP contribution in [0.2, 0.25) is 0 Å². The number of rotatable bonds is 3. The van der Waals surface area contributed by atoms with Crippen molar-refractivity contribution in [3.8, 4) is 11.4 Å². The van der Waals surface area contributed by atoms with Gasteiger partial charge in [0.1, 0.15) is 17.1 Å². The van der Waals surface area contributed by atoms with Crippen molar-refractivity contribution in [1.82, 2.24) is 29.5 Å². The van der Waals surface area contributed by atoms with Gasteiger partial charge < -0.3 is 14.5 Å². The number of ether oxygens (including phenoxy) is 1. The number of nitrogens with one attached hydrogen (secondary N) is 2. The van der Waals surface area contributed by atoms with E-state index >= 15 is 0 Å². The molecule has 12 heteroatoms. The van der Waals surface area contributed by atoms with Gasteiger partial charge in [0.05, 0.1) is 5.69 Å². The van der Waals surface area contributed by atoms with Gasteiger partial charge in [0.15, 0.2) is 17.5 Å². The summed E-state index contributed by atoms with van der Waals surface area (Å²) in [5.74, 6) is -3.68. The number of H-pyrrole nitrogens is 1. The molecule has 0 aliphatic heterocycles. The molecule has 37 heavy (non-hydrogen) atoms. The molecule has 194 valence electrons. The van der Waals surface area contributed by atoms with Gasteiger partial charge >= 0.3 is 11.8 Å². The van der Waals surface area contributed by atoms with Gasteiger partial charge in [0.2, 0.25) is 0 Å². The molecule has 3 aromatic heterocycles. The van der Waals surface area contributed by atoms with Crippen LogP contribution in [-0.4, -0.2) is 41.9 Å². The summed E-state index contributed by atoms with van der Waals surface area (Å²) in [5.41, 5.74) is 1.43. The van der Waals surface area contributed by atoms with Gasteiger partial charge in [0.25, 0.3) is 0 Å². The molecule has 1 aliphatic carbocycles. The predicted molar refractivity (Wildman–Crippen MR) is 128 cm³/mol. The fourth-order valence-electron chi connectivity index (χ4n) is 4.73. The number of amides is 1. The highest BCUT2D eigenvalue weighted by molar-refractivity contribution is 5.69. The molecule has 2 unspecified atom stereocenters. The number of imidazole rings is 1. The molecule has 1 amide bonds. The molecule has 0 bridgehead atoms. The van der Waals surface area contributed by atoms with E-state index < -0.39 is 41.1 Å². The van der Waals surface area contributed by atoms with Crippen LogP contribution in [0, 0.1) is 17.5 Å². The van der Waals surface area contributed by atoms with E-state index in [4.69, 9.17) is 9.72 Å². The number of aromatic nitrogens is 5. The SMILES string of the molecule is Cn1c(-c2ccn3c4c(nc3c2)CC(c2cc(F)c(F)cc2F)C(NC(=O)OC(C)(C)C)C4)n[nH]c1=O. The average molecular weight is 515 g/mol. The molecule has 0 saturated carbocycles. The van der Waals surface area contributed by atoms with Crippen molar-refractivity contribution < 1.29 is 22.7 Å². The molecule has 1 aromatic carbocycles. The van der Waals surface area contributed by atoms with Crippen LogP contribution in [-0.2, 0) is 24.6 Å². The maximum absolute atomic E-state index is 14.8. The van der Waals surface area contributed by atoms with E-state index in [9.17, 15) is 22.8 Å². The largest absolute Gasteiger partial charge is 0.444 e. The quantitative estimate of drug-likeness (QED) is 0.407. The summed E-state index contributed by atoms with van der Waals surface area (Å²) < 4.78 is 51.2. The molecule has 0 radical (unpaired) electrons. The average Bonchev–Trinajstić information content (AvgIpc) is 3.33. The summed E-state index contributed by atoms with van der Waals surface area (Å²) in [7, 11) is 1.59. The zero-order valence-electron chi connectivity index (χ0n) is 20.6. The summed E-state index contributed by atoms with van der Waals surface area (Å²) >= 11 is 0. The second-order valence-corrected chi connectivity index (χ2v) is 10.1. The molecule has 4 aromatic rings. The fourth-order valence-corrected chi connectivity index (χ4v) is 4.73. The lowest BCUT2D eigenvalue weighted by Gasteiger charge is -2.33. The van der Waals surface area contributed by atoms with Crippen LogP contribution in [0.4, 0.5) is 18.0 Å². The highest BCUT2D eigenvalue weighted by Crippen LogP contribution is 2.36. The molecule has 0 spiro atoms. The first-order valence-corrected chi connectivity index (χ1v) is 11.7. The Morgan fingerprint density at radius 1 is 1.14 bits per heavy atom. The summed E-state index contributed by atoms with van der Waals surface area (Å²) in [4.78, 5) is 29.1. The molecular formula is C25H25F3N6O3. The number of nitrogens with zero attached hydrogens (tertiary/aromatic N) is 4. The highest BCUT2D eigenvalue weighted by atomic mass is 19.2. The predicted octanol–water partition coefficient (Wildman–Crippen LogP) is 3.62. The number of hydrogen-bond donors (Lipinski definition) is 2. The van der Waals surface area contributed by atoms with Gasteiger partial charge in [-0.15, -0.1) is 0 Å². The minimum absolute atomic E-state index is 0.0603. The first kappa shape index (κ1) is 24.6. The summed E-state index contributed by atoms with van der Waals surface area (Å²) in [5, 5.41) is 9.23.